The zero-order valence-electron chi connectivity index (χ0n) is 47.2. The molecule has 7 aliphatic rings. The van der Waals surface area contributed by atoms with E-state index in [-0.39, 0.29) is 82.7 Å². The number of anilines is 1. The fourth-order valence-electron chi connectivity index (χ4n) is 11.9. The van der Waals surface area contributed by atoms with Crippen molar-refractivity contribution < 1.29 is 82.1 Å². The molecule has 2 saturated heterocycles. The van der Waals surface area contributed by atoms with Crippen LogP contribution in [0, 0.1) is 42.3 Å². The van der Waals surface area contributed by atoms with Gasteiger partial charge in [-0.05, 0) is 45.3 Å². The van der Waals surface area contributed by atoms with Gasteiger partial charge in [-0.3, -0.25) is 33.6 Å². The Hall–Kier alpha value is -7.89. The Kier molecular flexibility index (Phi) is 16.1. The van der Waals surface area contributed by atoms with Crippen LogP contribution in [-0.2, 0) is 28.6 Å². The molecule has 2 amide bonds. The first kappa shape index (κ1) is 58.8. The Balaban J connectivity index is 1.02. The van der Waals surface area contributed by atoms with Crippen LogP contribution in [0.5, 0.6) is 17.2 Å². The molecule has 0 radical (unpaired) electrons. The van der Waals surface area contributed by atoms with E-state index in [2.05, 4.69) is 10.6 Å². The van der Waals surface area contributed by atoms with Gasteiger partial charge in [0, 0.05) is 100 Å². The molecule has 3 fully saturated rings. The van der Waals surface area contributed by atoms with Crippen LogP contribution in [0.25, 0.3) is 10.9 Å². The molecular formula is C59H68FN5O17. The van der Waals surface area contributed by atoms with Gasteiger partial charge in [0.25, 0.3) is 11.7 Å². The maximum atomic E-state index is 16.2. The zero-order chi connectivity index (χ0) is 59.7. The monoisotopic (exact) mass is 1140 g/mol. The van der Waals surface area contributed by atoms with Gasteiger partial charge in [0.15, 0.2) is 11.6 Å². The second kappa shape index (κ2) is 22.5. The molecule has 5 aliphatic heterocycles. The molecule has 82 heavy (non-hydrogen) atoms. The predicted molar refractivity (Wildman–Crippen MR) is 292 cm³/mol. The molecule has 2 aromatic carbocycles. The number of esters is 1. The molecule has 6 heterocycles. The minimum Gasteiger partial charge on any atom is -0.507 e. The number of phenols is 1. The maximum Gasteiger partial charge on any atom is 0.341 e. The summed E-state index contributed by atoms with van der Waals surface area (Å²) in [5.74, 6) is -13.8. The summed E-state index contributed by atoms with van der Waals surface area (Å²) in [5, 5.41) is 50.1. The smallest absolute Gasteiger partial charge is 0.341 e. The number of amides is 2. The fraction of sp³-hybridized carbons (Fsp3) is 0.492. The lowest BCUT2D eigenvalue weighted by atomic mass is 9.78. The fourth-order valence-corrected chi connectivity index (χ4v) is 11.9. The number of ether oxygens (including phenoxy) is 5. The summed E-state index contributed by atoms with van der Waals surface area (Å²) in [6, 6.07) is 0.369. The van der Waals surface area contributed by atoms with E-state index in [1.54, 1.807) is 43.2 Å². The van der Waals surface area contributed by atoms with Crippen molar-refractivity contribution in [3.05, 3.63) is 104 Å². The predicted octanol–water partition coefficient (Wildman–Crippen LogP) is 4.78. The van der Waals surface area contributed by atoms with Gasteiger partial charge < -0.3 is 69.1 Å². The molecule has 6 N–H and O–H groups in total. The Bertz CT molecular complexity index is 3410. The minimum absolute atomic E-state index is 0.0362. The number of rotatable bonds is 9. The molecule has 22 nitrogen and oxygen atoms in total. The van der Waals surface area contributed by atoms with E-state index < -0.39 is 146 Å². The average molecular weight is 1140 g/mol. The molecule has 10 atom stereocenters. The number of aromatic carboxylic acids is 1. The number of nitrogens with zero attached hydrogens (tertiary/aromatic N) is 3. The number of methoxy groups -OCH3 is 2. The summed E-state index contributed by atoms with van der Waals surface area (Å²) < 4.78 is 47.3. The molecule has 0 spiro atoms. The van der Waals surface area contributed by atoms with Gasteiger partial charge in [0.2, 0.25) is 22.9 Å². The number of aromatic hydroxyl groups is 1. The molecule has 2 aliphatic carbocycles. The number of hydrogen-bond acceptors (Lipinski definition) is 18. The summed E-state index contributed by atoms with van der Waals surface area (Å²) in [4.78, 5) is 114. The van der Waals surface area contributed by atoms with Crippen LogP contribution in [0.15, 0.2) is 64.6 Å². The number of benzene rings is 2. The molecule has 5 bridgehead atoms. The number of allylic oxidation sites excluding steroid dienone is 4. The number of hydrogen-bond donors (Lipinski definition) is 6. The Morgan fingerprint density at radius 3 is 2.22 bits per heavy atom. The summed E-state index contributed by atoms with van der Waals surface area (Å²) in [6.45, 7) is 12.1. The van der Waals surface area contributed by atoms with Crippen molar-refractivity contribution >= 4 is 57.7 Å². The summed E-state index contributed by atoms with van der Waals surface area (Å²) in [6.07, 6.45) is 5.94. The van der Waals surface area contributed by atoms with Crippen LogP contribution in [0.3, 0.4) is 0 Å². The van der Waals surface area contributed by atoms with E-state index >= 15 is 9.18 Å². The number of Topliss-reactive ketones (excluding diaryl/α,β-unsaturated/α-hetero) is 3. The van der Waals surface area contributed by atoms with Crippen molar-refractivity contribution in [2.24, 2.45) is 29.6 Å². The molecule has 1 unspecified atom stereocenters. The van der Waals surface area contributed by atoms with Gasteiger partial charge in [0.1, 0.15) is 40.2 Å². The third-order valence-corrected chi connectivity index (χ3v) is 16.9. The Morgan fingerprint density at radius 2 is 1.59 bits per heavy atom. The number of pyridine rings is 1. The van der Waals surface area contributed by atoms with E-state index in [1.165, 1.54) is 71.2 Å². The first-order chi connectivity index (χ1) is 38.7. The van der Waals surface area contributed by atoms with Gasteiger partial charge in [-0.1, -0.05) is 45.9 Å². The zero-order valence-corrected chi connectivity index (χ0v) is 47.2. The molecule has 1 saturated carbocycles. The summed E-state index contributed by atoms with van der Waals surface area (Å²) in [7, 11) is 2.72. The SMILES string of the molecule is COc1c(N2CCC(NC(=O)C3CN(C4=C5NC(=O)C(C)=CC=C[C@H](C)[C@H](O)[C@@H](C)[C@@H](O)[C@@H](C)[C@H](OC(C)=O)[C@H](C)[C@@H](OC)C=CO[C@@]6(C)Oc7c(C)c(O)c(c(c7C6=O)C4=O)C5=O)C3)C2)c(F)cc2c(=O)c(C(=O)O)cn(C3CC3)c12. The quantitative estimate of drug-likeness (QED) is 0.157. The van der Waals surface area contributed by atoms with E-state index in [4.69, 9.17) is 23.7 Å². The van der Waals surface area contributed by atoms with Crippen LogP contribution in [0.4, 0.5) is 10.1 Å². The van der Waals surface area contributed by atoms with Gasteiger partial charge in [-0.25, -0.2) is 9.18 Å². The second-order valence-electron chi connectivity index (χ2n) is 22.5. The highest BCUT2D eigenvalue weighted by Gasteiger charge is 2.54. The van der Waals surface area contributed by atoms with Crippen LogP contribution < -0.4 is 30.4 Å². The maximum absolute atomic E-state index is 16.2. The summed E-state index contributed by atoms with van der Waals surface area (Å²) >= 11 is 0. The number of aliphatic hydroxyl groups is 2. The van der Waals surface area contributed by atoms with Crippen LogP contribution >= 0.6 is 0 Å². The largest absolute Gasteiger partial charge is 0.507 e. The number of aromatic nitrogens is 1. The highest BCUT2D eigenvalue weighted by atomic mass is 19.1. The highest BCUT2D eigenvalue weighted by molar-refractivity contribution is 6.32. The van der Waals surface area contributed by atoms with Crippen molar-refractivity contribution in [3.63, 3.8) is 0 Å². The first-order valence-electron chi connectivity index (χ1n) is 27.3. The van der Waals surface area contributed by atoms with E-state index in [0.29, 0.717) is 6.42 Å². The molecule has 23 heteroatoms. The third-order valence-electron chi connectivity index (χ3n) is 16.9. The van der Waals surface area contributed by atoms with Crippen molar-refractivity contribution in [2.45, 2.75) is 117 Å². The number of ketones is 3. The number of carboxylic acids is 1. The van der Waals surface area contributed by atoms with Crippen molar-refractivity contribution in [2.75, 3.05) is 45.3 Å². The van der Waals surface area contributed by atoms with Gasteiger partial charge in [-0.2, -0.15) is 0 Å². The highest BCUT2D eigenvalue weighted by Crippen LogP contribution is 2.50. The number of fused-ring (bicyclic) bond motifs is 15. The molecule has 1 aromatic heterocycles. The lowest BCUT2D eigenvalue weighted by Gasteiger charge is -2.43. The lowest BCUT2D eigenvalue weighted by molar-refractivity contribution is -0.160. The van der Waals surface area contributed by atoms with E-state index in [0.717, 1.165) is 25.2 Å². The number of carbonyl (C=O) groups excluding carboxylic acids is 6. The van der Waals surface area contributed by atoms with Gasteiger partial charge >= 0.3 is 17.7 Å². The van der Waals surface area contributed by atoms with Gasteiger partial charge in [-0.15, -0.1) is 0 Å². The van der Waals surface area contributed by atoms with E-state index in [1.807, 2.05) is 0 Å². The van der Waals surface area contributed by atoms with E-state index in [9.17, 15) is 54.0 Å². The number of aliphatic hydroxyl groups excluding tert-OH is 2. The molecule has 438 valence electrons. The Labute approximate surface area is 471 Å². The topological polar surface area (TPSA) is 299 Å². The average Bonchev–Trinajstić information content (AvgIpc) is 3.79. The van der Waals surface area contributed by atoms with Crippen LogP contribution in [-0.4, -0.2) is 148 Å². The van der Waals surface area contributed by atoms with Crippen LogP contribution in [0.1, 0.15) is 121 Å². The molecular weight excluding hydrogens is 1070 g/mol. The van der Waals surface area contributed by atoms with Crippen molar-refractivity contribution in [1.29, 1.82) is 0 Å². The Morgan fingerprint density at radius 1 is 0.890 bits per heavy atom. The third kappa shape index (κ3) is 10.3. The first-order valence-corrected chi connectivity index (χ1v) is 27.3. The van der Waals surface area contributed by atoms with Crippen molar-refractivity contribution in [1.82, 2.24) is 20.1 Å². The number of likely N-dealkylation sites (tertiary alicyclic amines) is 1. The number of nitrogens with one attached hydrogen (secondary N) is 2. The molecule has 10 rings (SSSR count). The van der Waals surface area contributed by atoms with Gasteiger partial charge in [0.05, 0.1) is 65.2 Å². The standard InChI is InChI=1S/C59H68FN5O17/c1-25-12-11-13-26(2)56(74)62-42-45(64-21-32(22-64)57(75)61-33-16-18-63(23-33)44-37(60)20-35-43(54(44)79-10)65(34-14-15-34)24-36(49(35)70)58(76)77)51(72)39-40(50(42)71)48(69)30(6)53-41(39)55(73)59(8,82-53)80-19-17-38(78-9)27(3)52(81-31(7)66)29(5)47(68)28(4)46(25)67/h11-13,17,19-20,24-25,27-29,32-34,38,46-47,52,67-69H,14-16,18,21-23H2,1-10H3,(H,61,75)(H,62,74)(H,76,77)/t25-,27+,28+,29+,33?,38-,46-,47+,52+,59-/m0/s1. The van der Waals surface area contributed by atoms with Crippen molar-refractivity contribution in [3.8, 4) is 17.2 Å². The number of carbonyl (C=O) groups is 7. The second-order valence-corrected chi connectivity index (χ2v) is 22.5. The number of phenolic OH excluding ortho intramolecular Hbond substituents is 1. The van der Waals surface area contributed by atoms with Crippen LogP contribution in [0.2, 0.25) is 0 Å². The normalized spacial score (nSPS) is 28.2. The number of carboxylic acid groups (broad SMARTS) is 1. The summed E-state index contributed by atoms with van der Waals surface area (Å²) in [5.41, 5.74) is -3.48. The number of halogens is 1. The molecule has 3 aromatic rings. The minimum atomic E-state index is -2.20. The lowest BCUT2D eigenvalue weighted by Crippen LogP contribution is -2.57.